The molecule has 0 unspecified atom stereocenters. The number of hydrogen-bond donors (Lipinski definition) is 2. The first-order valence-electron chi connectivity index (χ1n) is 10.4. The van der Waals surface area contributed by atoms with Gasteiger partial charge in [-0.15, -0.1) is 0 Å². The highest BCUT2D eigenvalue weighted by atomic mass is 32.2. The van der Waals surface area contributed by atoms with Crippen molar-refractivity contribution in [3.63, 3.8) is 0 Å². The van der Waals surface area contributed by atoms with Crippen molar-refractivity contribution in [3.8, 4) is 5.75 Å². The molecular formula is C24H25N3O4S. The van der Waals surface area contributed by atoms with E-state index in [9.17, 15) is 18.3 Å². The largest absolute Gasteiger partial charge is 0.506 e. The molecule has 0 saturated carbocycles. The minimum Gasteiger partial charge on any atom is -0.506 e. The van der Waals surface area contributed by atoms with E-state index in [-0.39, 0.29) is 23.1 Å². The summed E-state index contributed by atoms with van der Waals surface area (Å²) in [6.07, 6.45) is 0. The van der Waals surface area contributed by atoms with Crippen LogP contribution in [0.3, 0.4) is 0 Å². The molecule has 0 aliphatic carbocycles. The predicted octanol–water partition coefficient (Wildman–Crippen LogP) is 2.83. The Balaban J connectivity index is 1.42. The van der Waals surface area contributed by atoms with E-state index in [0.29, 0.717) is 31.7 Å². The average Bonchev–Trinajstić information content (AvgIpc) is 2.84. The molecule has 0 spiro atoms. The number of para-hydroxylation sites is 2. The van der Waals surface area contributed by atoms with E-state index in [4.69, 9.17) is 0 Å². The normalized spacial score (nSPS) is 14.4. The number of rotatable bonds is 6. The highest BCUT2D eigenvalue weighted by Gasteiger charge is 2.24. The molecule has 3 aromatic rings. The zero-order valence-corrected chi connectivity index (χ0v) is 18.3. The number of carbonyl (C=O) groups excluding carboxylic acids is 1. The Morgan fingerprint density at radius 2 is 1.56 bits per heavy atom. The maximum absolute atomic E-state index is 13.0. The minimum absolute atomic E-state index is 0.0622. The molecular weight excluding hydrogens is 426 g/mol. The molecule has 2 N–H and O–H groups in total. The lowest BCUT2D eigenvalue weighted by atomic mass is 10.1. The van der Waals surface area contributed by atoms with Gasteiger partial charge in [0.1, 0.15) is 5.75 Å². The number of nitrogens with zero attached hydrogens (tertiary/aromatic N) is 2. The second-order valence-corrected chi connectivity index (χ2v) is 9.37. The number of piperazine rings is 1. The monoisotopic (exact) mass is 451 g/mol. The summed E-state index contributed by atoms with van der Waals surface area (Å²) in [5.74, 6) is 0.00947. The van der Waals surface area contributed by atoms with E-state index in [0.717, 1.165) is 11.3 Å². The fourth-order valence-electron chi connectivity index (χ4n) is 3.72. The van der Waals surface area contributed by atoms with Crippen LogP contribution in [-0.2, 0) is 16.6 Å². The van der Waals surface area contributed by atoms with E-state index in [1.54, 1.807) is 29.2 Å². The van der Waals surface area contributed by atoms with Crippen molar-refractivity contribution in [2.24, 2.45) is 0 Å². The van der Waals surface area contributed by atoms with Gasteiger partial charge in [0.25, 0.3) is 5.91 Å². The van der Waals surface area contributed by atoms with E-state index < -0.39 is 10.0 Å². The first kappa shape index (κ1) is 21.9. The molecule has 0 radical (unpaired) electrons. The Labute approximate surface area is 188 Å². The maximum atomic E-state index is 13.0. The Hall–Kier alpha value is -3.36. The second kappa shape index (κ2) is 9.42. The van der Waals surface area contributed by atoms with Crippen molar-refractivity contribution in [2.45, 2.75) is 11.4 Å². The summed E-state index contributed by atoms with van der Waals surface area (Å²) in [7, 11) is -3.75. The smallest absolute Gasteiger partial charge is 0.254 e. The Morgan fingerprint density at radius 1 is 0.875 bits per heavy atom. The molecule has 32 heavy (non-hydrogen) atoms. The number of carbonyl (C=O) groups is 1. The van der Waals surface area contributed by atoms with Gasteiger partial charge in [0, 0.05) is 38.3 Å². The highest BCUT2D eigenvalue weighted by Crippen LogP contribution is 2.27. The van der Waals surface area contributed by atoms with E-state index in [1.807, 2.05) is 47.4 Å². The van der Waals surface area contributed by atoms with Gasteiger partial charge in [0.15, 0.2) is 0 Å². The average molecular weight is 452 g/mol. The predicted molar refractivity (Wildman–Crippen MR) is 123 cm³/mol. The number of nitrogens with one attached hydrogen (secondary N) is 1. The van der Waals surface area contributed by atoms with Crippen molar-refractivity contribution in [1.82, 2.24) is 9.62 Å². The molecule has 0 bridgehead atoms. The zero-order valence-electron chi connectivity index (χ0n) is 17.5. The van der Waals surface area contributed by atoms with Gasteiger partial charge in [-0.05, 0) is 35.9 Å². The summed E-state index contributed by atoms with van der Waals surface area (Å²) in [5, 5.41) is 10.1. The SMILES string of the molecule is O=C(c1cccc(S(=O)(=O)NCc2ccccc2)c1)N1CCN(c2ccccc2O)CC1. The third-order valence-corrected chi connectivity index (χ3v) is 6.89. The molecule has 7 nitrogen and oxygen atoms in total. The molecule has 1 aliphatic heterocycles. The summed E-state index contributed by atoms with van der Waals surface area (Å²) in [4.78, 5) is 16.8. The van der Waals surface area contributed by atoms with Crippen LogP contribution in [-0.4, -0.2) is 50.5 Å². The van der Waals surface area contributed by atoms with Crippen LogP contribution in [0.5, 0.6) is 5.75 Å². The third kappa shape index (κ3) is 4.92. The summed E-state index contributed by atoms with van der Waals surface area (Å²) in [5.41, 5.74) is 1.94. The molecule has 3 aromatic carbocycles. The number of phenols is 1. The van der Waals surface area contributed by atoms with Crippen molar-refractivity contribution < 1.29 is 18.3 Å². The van der Waals surface area contributed by atoms with Gasteiger partial charge in [0.2, 0.25) is 10.0 Å². The molecule has 1 heterocycles. The first-order chi connectivity index (χ1) is 15.4. The molecule has 1 saturated heterocycles. The Morgan fingerprint density at radius 3 is 2.28 bits per heavy atom. The standard InChI is InChI=1S/C24H25N3O4S/c28-23-12-5-4-11-22(23)26-13-15-27(16-14-26)24(29)20-9-6-10-21(17-20)32(30,31)25-18-19-7-2-1-3-8-19/h1-12,17,25,28H,13-16,18H2. The lowest BCUT2D eigenvalue weighted by molar-refractivity contribution is 0.0746. The molecule has 166 valence electrons. The lowest BCUT2D eigenvalue weighted by Gasteiger charge is -2.36. The number of aromatic hydroxyl groups is 1. The minimum atomic E-state index is -3.75. The number of benzene rings is 3. The quantitative estimate of drug-likeness (QED) is 0.602. The molecule has 1 aliphatic rings. The summed E-state index contributed by atoms with van der Waals surface area (Å²) in [6.45, 7) is 2.31. The fraction of sp³-hybridized carbons (Fsp3) is 0.208. The maximum Gasteiger partial charge on any atom is 0.254 e. The van der Waals surface area contributed by atoms with Crippen LogP contribution in [0.4, 0.5) is 5.69 Å². The zero-order chi connectivity index (χ0) is 22.6. The van der Waals surface area contributed by atoms with Crippen molar-refractivity contribution in [1.29, 1.82) is 0 Å². The van der Waals surface area contributed by atoms with Gasteiger partial charge in [-0.3, -0.25) is 4.79 Å². The van der Waals surface area contributed by atoms with Crippen LogP contribution in [0.15, 0.2) is 83.8 Å². The van der Waals surface area contributed by atoms with E-state index in [2.05, 4.69) is 4.72 Å². The van der Waals surface area contributed by atoms with Crippen LogP contribution in [0.1, 0.15) is 15.9 Å². The van der Waals surface area contributed by atoms with E-state index in [1.165, 1.54) is 12.1 Å². The lowest BCUT2D eigenvalue weighted by Crippen LogP contribution is -2.48. The molecule has 1 fully saturated rings. The van der Waals surface area contributed by atoms with Crippen LogP contribution in [0, 0.1) is 0 Å². The summed E-state index contributed by atoms with van der Waals surface area (Å²) >= 11 is 0. The van der Waals surface area contributed by atoms with Gasteiger partial charge in [-0.2, -0.15) is 0 Å². The topological polar surface area (TPSA) is 90.0 Å². The van der Waals surface area contributed by atoms with Crippen LogP contribution in [0.2, 0.25) is 0 Å². The number of amides is 1. The van der Waals surface area contributed by atoms with Crippen molar-refractivity contribution in [3.05, 3.63) is 90.0 Å². The Bertz CT molecular complexity index is 1190. The second-order valence-electron chi connectivity index (χ2n) is 7.61. The molecule has 0 aromatic heterocycles. The van der Waals surface area contributed by atoms with Gasteiger partial charge in [-0.25, -0.2) is 13.1 Å². The molecule has 4 rings (SSSR count). The van der Waals surface area contributed by atoms with E-state index >= 15 is 0 Å². The van der Waals surface area contributed by atoms with Gasteiger partial charge >= 0.3 is 0 Å². The van der Waals surface area contributed by atoms with Crippen LogP contribution >= 0.6 is 0 Å². The Kier molecular flexibility index (Phi) is 6.43. The number of sulfonamides is 1. The first-order valence-corrected chi connectivity index (χ1v) is 11.9. The fourth-order valence-corrected chi connectivity index (χ4v) is 4.78. The summed E-state index contributed by atoms with van der Waals surface area (Å²) < 4.78 is 28.0. The molecule has 0 atom stereocenters. The van der Waals surface area contributed by atoms with Gasteiger partial charge in [-0.1, -0.05) is 48.5 Å². The third-order valence-electron chi connectivity index (χ3n) is 5.49. The highest BCUT2D eigenvalue weighted by molar-refractivity contribution is 7.89. The number of phenolic OH excluding ortho intramolecular Hbond substituents is 1. The van der Waals surface area contributed by atoms with Crippen molar-refractivity contribution in [2.75, 3.05) is 31.1 Å². The van der Waals surface area contributed by atoms with Gasteiger partial charge in [0.05, 0.1) is 10.6 Å². The summed E-state index contributed by atoms with van der Waals surface area (Å²) in [6, 6.07) is 22.5. The van der Waals surface area contributed by atoms with Crippen LogP contribution < -0.4 is 9.62 Å². The van der Waals surface area contributed by atoms with Crippen molar-refractivity contribution >= 4 is 21.6 Å². The molecule has 1 amide bonds. The number of anilines is 1. The van der Waals surface area contributed by atoms with Gasteiger partial charge < -0.3 is 14.9 Å². The number of hydrogen-bond acceptors (Lipinski definition) is 5. The van der Waals surface area contributed by atoms with Crippen LogP contribution in [0.25, 0.3) is 0 Å². The molecule has 8 heteroatoms.